The van der Waals surface area contributed by atoms with Gasteiger partial charge in [0.2, 0.25) is 5.91 Å². The lowest BCUT2D eigenvalue weighted by Gasteiger charge is -2.20. The fourth-order valence-corrected chi connectivity index (χ4v) is 1.74. The van der Waals surface area contributed by atoms with Crippen molar-refractivity contribution in [2.45, 2.75) is 13.8 Å². The van der Waals surface area contributed by atoms with E-state index in [1.54, 1.807) is 32.0 Å². The van der Waals surface area contributed by atoms with Gasteiger partial charge in [0.25, 0.3) is 5.56 Å². The zero-order chi connectivity index (χ0) is 15.5. The summed E-state index contributed by atoms with van der Waals surface area (Å²) in [4.78, 5) is 23.1. The highest BCUT2D eigenvalue weighted by molar-refractivity contribution is 6.20. The van der Waals surface area contributed by atoms with E-state index in [0.717, 1.165) is 5.56 Å². The quantitative estimate of drug-likeness (QED) is 0.853. The van der Waals surface area contributed by atoms with Crippen LogP contribution in [0.5, 0.6) is 0 Å². The van der Waals surface area contributed by atoms with Crippen LogP contribution in [0.3, 0.4) is 0 Å². The molecule has 1 aromatic heterocycles. The van der Waals surface area contributed by atoms with Crippen LogP contribution in [0.1, 0.15) is 13.8 Å². The number of aromatic nitrogens is 2. The van der Waals surface area contributed by atoms with Crippen molar-refractivity contribution in [3.63, 3.8) is 0 Å². The van der Waals surface area contributed by atoms with Crippen LogP contribution in [-0.4, -0.2) is 22.0 Å². The number of anilines is 1. The average Bonchev–Trinajstić information content (AvgIpc) is 2.48. The fraction of sp³-hybridized carbons (Fsp3) is 0.267. The van der Waals surface area contributed by atoms with E-state index >= 15 is 0 Å². The molecule has 5 nitrogen and oxygen atoms in total. The molecule has 0 unspecified atom stereocenters. The Morgan fingerprint density at radius 1 is 1.33 bits per heavy atom. The maximum atomic E-state index is 12.1. The topological polar surface area (TPSA) is 74.8 Å². The predicted molar refractivity (Wildman–Crippen MR) is 83.4 cm³/mol. The minimum Gasteiger partial charge on any atom is -0.326 e. The number of amides is 1. The van der Waals surface area contributed by atoms with Gasteiger partial charge in [0.05, 0.1) is 11.1 Å². The number of carbonyl (C=O) groups is 1. The number of hydrogen-bond donors (Lipinski definition) is 2. The highest BCUT2D eigenvalue weighted by Gasteiger charge is 2.26. The molecule has 0 fully saturated rings. The van der Waals surface area contributed by atoms with Gasteiger partial charge in [-0.1, -0.05) is 12.1 Å². The van der Waals surface area contributed by atoms with Crippen LogP contribution in [0.4, 0.5) is 5.69 Å². The van der Waals surface area contributed by atoms with Crippen molar-refractivity contribution in [3.05, 3.63) is 46.8 Å². The third-order valence-corrected chi connectivity index (χ3v) is 3.71. The van der Waals surface area contributed by atoms with Crippen molar-refractivity contribution < 1.29 is 4.79 Å². The molecule has 0 aliphatic rings. The number of aromatic amines is 1. The molecule has 2 rings (SSSR count). The summed E-state index contributed by atoms with van der Waals surface area (Å²) < 4.78 is 0. The Bertz CT molecular complexity index is 690. The molecule has 0 aliphatic heterocycles. The Hall–Kier alpha value is -2.14. The van der Waals surface area contributed by atoms with E-state index in [1.807, 2.05) is 12.1 Å². The number of benzene rings is 1. The molecule has 2 N–H and O–H groups in total. The van der Waals surface area contributed by atoms with Crippen molar-refractivity contribution in [3.8, 4) is 11.3 Å². The van der Waals surface area contributed by atoms with E-state index in [1.165, 1.54) is 6.07 Å². The standard InChI is InChI=1S/C15H16ClN3O2/c1-15(2,9-16)14(21)17-11-5-3-4-10(8-11)12-6-7-13(20)19-18-12/h3-8H,9H2,1-2H3,(H,17,21)(H,19,20). The van der Waals surface area contributed by atoms with E-state index < -0.39 is 5.41 Å². The SMILES string of the molecule is CC(C)(CCl)C(=O)Nc1cccc(-c2ccc(=O)[nH]n2)c1. The third-order valence-electron chi connectivity index (χ3n) is 3.04. The second kappa shape index (κ2) is 6.10. The van der Waals surface area contributed by atoms with Crippen molar-refractivity contribution in [1.29, 1.82) is 0 Å². The van der Waals surface area contributed by atoms with Crippen LogP contribution < -0.4 is 10.9 Å². The van der Waals surface area contributed by atoms with Crippen LogP contribution in [-0.2, 0) is 4.79 Å². The van der Waals surface area contributed by atoms with E-state index in [2.05, 4.69) is 15.5 Å². The summed E-state index contributed by atoms with van der Waals surface area (Å²) in [5.74, 6) is 0.0871. The highest BCUT2D eigenvalue weighted by Crippen LogP contribution is 2.23. The highest BCUT2D eigenvalue weighted by atomic mass is 35.5. The largest absolute Gasteiger partial charge is 0.326 e. The Kier molecular flexibility index (Phi) is 4.43. The lowest BCUT2D eigenvalue weighted by Crippen LogP contribution is -2.32. The van der Waals surface area contributed by atoms with E-state index in [-0.39, 0.29) is 17.3 Å². The normalized spacial score (nSPS) is 11.2. The van der Waals surface area contributed by atoms with E-state index in [0.29, 0.717) is 11.4 Å². The minimum absolute atomic E-state index is 0.149. The number of halogens is 1. The molecule has 0 bridgehead atoms. The van der Waals surface area contributed by atoms with Gasteiger partial charge in [-0.15, -0.1) is 11.6 Å². The predicted octanol–water partition coefficient (Wildman–Crippen LogP) is 2.64. The lowest BCUT2D eigenvalue weighted by atomic mass is 9.95. The van der Waals surface area contributed by atoms with Gasteiger partial charge in [0, 0.05) is 23.2 Å². The molecule has 0 radical (unpaired) electrons. The summed E-state index contributed by atoms with van der Waals surface area (Å²) in [6.45, 7) is 3.56. The fourth-order valence-electron chi connectivity index (χ4n) is 1.62. The maximum absolute atomic E-state index is 12.1. The monoisotopic (exact) mass is 305 g/mol. The molecular formula is C15H16ClN3O2. The number of rotatable bonds is 4. The molecule has 0 saturated carbocycles. The van der Waals surface area contributed by atoms with Gasteiger partial charge in [-0.05, 0) is 32.0 Å². The summed E-state index contributed by atoms with van der Waals surface area (Å²) in [7, 11) is 0. The molecule has 0 saturated heterocycles. The molecule has 1 amide bonds. The van der Waals surface area contributed by atoms with Crippen LogP contribution >= 0.6 is 11.6 Å². The van der Waals surface area contributed by atoms with Gasteiger partial charge in [-0.2, -0.15) is 5.10 Å². The second-order valence-corrected chi connectivity index (χ2v) is 5.63. The van der Waals surface area contributed by atoms with Crippen molar-refractivity contribution >= 4 is 23.2 Å². The first-order valence-corrected chi connectivity index (χ1v) is 6.99. The second-order valence-electron chi connectivity index (χ2n) is 5.36. The molecular weight excluding hydrogens is 290 g/mol. The average molecular weight is 306 g/mol. The summed E-state index contributed by atoms with van der Waals surface area (Å²) in [5, 5.41) is 9.18. The Labute approximate surface area is 127 Å². The third kappa shape index (κ3) is 3.70. The molecule has 2 aromatic rings. The molecule has 6 heteroatoms. The number of carbonyl (C=O) groups excluding carboxylic acids is 1. The van der Waals surface area contributed by atoms with Gasteiger partial charge in [-0.25, -0.2) is 5.10 Å². The first-order valence-electron chi connectivity index (χ1n) is 6.46. The molecule has 0 atom stereocenters. The molecule has 0 spiro atoms. The van der Waals surface area contributed by atoms with Crippen LogP contribution in [0.15, 0.2) is 41.2 Å². The molecule has 1 heterocycles. The van der Waals surface area contributed by atoms with Crippen molar-refractivity contribution in [2.24, 2.45) is 5.41 Å². The van der Waals surface area contributed by atoms with Crippen LogP contribution in [0.2, 0.25) is 0 Å². The number of alkyl halides is 1. The van der Waals surface area contributed by atoms with E-state index in [9.17, 15) is 9.59 Å². The molecule has 110 valence electrons. The smallest absolute Gasteiger partial charge is 0.264 e. The van der Waals surface area contributed by atoms with Gasteiger partial charge in [0.1, 0.15) is 0 Å². The Morgan fingerprint density at radius 3 is 2.71 bits per heavy atom. The molecule has 21 heavy (non-hydrogen) atoms. The van der Waals surface area contributed by atoms with Crippen LogP contribution in [0.25, 0.3) is 11.3 Å². The summed E-state index contributed by atoms with van der Waals surface area (Å²) in [6.07, 6.45) is 0. The number of nitrogens with zero attached hydrogens (tertiary/aromatic N) is 1. The number of H-pyrrole nitrogens is 1. The summed E-state index contributed by atoms with van der Waals surface area (Å²) >= 11 is 5.79. The van der Waals surface area contributed by atoms with Crippen molar-refractivity contribution in [2.75, 3.05) is 11.2 Å². The van der Waals surface area contributed by atoms with Gasteiger partial charge >= 0.3 is 0 Å². The van der Waals surface area contributed by atoms with Crippen molar-refractivity contribution in [1.82, 2.24) is 10.2 Å². The molecule has 0 aliphatic carbocycles. The minimum atomic E-state index is -0.645. The van der Waals surface area contributed by atoms with Gasteiger partial charge in [0.15, 0.2) is 0 Å². The Balaban J connectivity index is 2.24. The summed E-state index contributed by atoms with van der Waals surface area (Å²) in [5.41, 5.74) is 1.18. The number of hydrogen-bond acceptors (Lipinski definition) is 3. The number of nitrogens with one attached hydrogen (secondary N) is 2. The van der Waals surface area contributed by atoms with Gasteiger partial charge in [-0.3, -0.25) is 9.59 Å². The summed E-state index contributed by atoms with van der Waals surface area (Å²) in [6, 6.07) is 10.3. The lowest BCUT2D eigenvalue weighted by molar-refractivity contribution is -0.122. The molecule has 1 aromatic carbocycles. The Morgan fingerprint density at radius 2 is 2.10 bits per heavy atom. The zero-order valence-corrected chi connectivity index (χ0v) is 12.6. The van der Waals surface area contributed by atoms with Crippen LogP contribution in [0, 0.1) is 5.41 Å². The zero-order valence-electron chi connectivity index (χ0n) is 11.8. The van der Waals surface area contributed by atoms with Gasteiger partial charge < -0.3 is 5.32 Å². The first-order chi connectivity index (χ1) is 9.92. The van der Waals surface area contributed by atoms with E-state index in [4.69, 9.17) is 11.6 Å². The maximum Gasteiger partial charge on any atom is 0.264 e. The first kappa shape index (κ1) is 15.3.